The molecule has 0 saturated heterocycles. The number of nitrogens with one attached hydrogen (secondary N) is 1. The molecule has 0 unspecified atom stereocenters. The number of benzene rings is 3. The first-order chi connectivity index (χ1) is 20.3. The zero-order valence-corrected chi connectivity index (χ0v) is 24.7. The highest BCUT2D eigenvalue weighted by Gasteiger charge is 2.35. The lowest BCUT2D eigenvalue weighted by atomic mass is 9.87. The number of aromatic amines is 1. The third kappa shape index (κ3) is 4.34. The first-order valence-electron chi connectivity index (χ1n) is 14.5. The van der Waals surface area contributed by atoms with E-state index in [0.717, 1.165) is 58.0 Å². The fourth-order valence-corrected chi connectivity index (χ4v) is 6.34. The van der Waals surface area contributed by atoms with E-state index in [-0.39, 0.29) is 5.41 Å². The number of aromatic nitrogens is 7. The van der Waals surface area contributed by atoms with E-state index in [0.29, 0.717) is 12.4 Å². The Kier molecular flexibility index (Phi) is 6.15. The van der Waals surface area contributed by atoms with E-state index >= 15 is 0 Å². The zero-order chi connectivity index (χ0) is 29.0. The number of imidazole rings is 1. The normalized spacial score (nSPS) is 14.1. The average molecular weight is 555 g/mol. The Morgan fingerprint density at radius 1 is 0.905 bits per heavy atom. The van der Waals surface area contributed by atoms with E-state index < -0.39 is 0 Å². The molecule has 1 aliphatic heterocycles. The Morgan fingerprint density at radius 2 is 1.71 bits per heavy atom. The molecular formula is C34H34N8. The smallest absolute Gasteiger partial charge is 0.205 e. The molecule has 1 N–H and O–H groups in total. The molecule has 0 radical (unpaired) electrons. The molecule has 0 saturated carbocycles. The number of aryl methyl sites for hydroxylation is 3. The van der Waals surface area contributed by atoms with Crippen LogP contribution in [0.1, 0.15) is 49.0 Å². The number of hydrogen-bond donors (Lipinski definition) is 1. The van der Waals surface area contributed by atoms with Crippen molar-refractivity contribution in [2.75, 3.05) is 11.4 Å². The molecular weight excluding hydrogens is 520 g/mol. The van der Waals surface area contributed by atoms with E-state index in [1.807, 2.05) is 6.92 Å². The summed E-state index contributed by atoms with van der Waals surface area (Å²) in [7, 11) is 0. The summed E-state index contributed by atoms with van der Waals surface area (Å²) < 4.78 is 2.25. The van der Waals surface area contributed by atoms with Crippen molar-refractivity contribution in [3.63, 3.8) is 0 Å². The highest BCUT2D eigenvalue weighted by Crippen LogP contribution is 2.45. The molecule has 0 aliphatic carbocycles. The van der Waals surface area contributed by atoms with Crippen molar-refractivity contribution in [3.8, 4) is 22.5 Å². The third-order valence-electron chi connectivity index (χ3n) is 8.40. The fourth-order valence-electron chi connectivity index (χ4n) is 6.34. The standard InChI is InChI=1S/C34H34N8/c1-6-30-36-31-21(2)17-22(3)35-33(31)41(30)19-23-11-13-24(14-12-23)27-18-25(15-16-26(27)32-37-39-40-38-32)42-20-34(4,5)28-9-7-8-10-29(28)42/h7-18H,6,19-20H2,1-5H3,(H,37,38,39,40). The quantitative estimate of drug-likeness (QED) is 0.240. The van der Waals surface area contributed by atoms with Crippen molar-refractivity contribution in [2.24, 2.45) is 0 Å². The van der Waals surface area contributed by atoms with Crippen molar-refractivity contribution >= 4 is 22.5 Å². The Morgan fingerprint density at radius 3 is 2.48 bits per heavy atom. The second kappa shape index (κ2) is 9.91. The summed E-state index contributed by atoms with van der Waals surface area (Å²) in [5, 5.41) is 15.1. The van der Waals surface area contributed by atoms with Crippen LogP contribution in [0.3, 0.4) is 0 Å². The van der Waals surface area contributed by atoms with Crippen LogP contribution < -0.4 is 4.90 Å². The summed E-state index contributed by atoms with van der Waals surface area (Å²) in [6.07, 6.45) is 0.851. The van der Waals surface area contributed by atoms with Crippen LogP contribution in [-0.4, -0.2) is 41.7 Å². The van der Waals surface area contributed by atoms with Gasteiger partial charge in [-0.05, 0) is 77.2 Å². The van der Waals surface area contributed by atoms with Crippen LogP contribution in [0.15, 0.2) is 72.8 Å². The molecule has 6 aromatic rings. The lowest BCUT2D eigenvalue weighted by molar-refractivity contribution is 0.569. The van der Waals surface area contributed by atoms with Gasteiger partial charge in [0, 0.05) is 41.0 Å². The second-order valence-corrected chi connectivity index (χ2v) is 11.9. The van der Waals surface area contributed by atoms with Crippen molar-refractivity contribution in [1.82, 2.24) is 35.2 Å². The summed E-state index contributed by atoms with van der Waals surface area (Å²) in [6, 6.07) is 26.1. The number of rotatable bonds is 6. The highest BCUT2D eigenvalue weighted by atomic mass is 15.5. The zero-order valence-electron chi connectivity index (χ0n) is 24.7. The summed E-state index contributed by atoms with van der Waals surface area (Å²) in [5.41, 5.74) is 12.3. The molecule has 0 bridgehead atoms. The maximum atomic E-state index is 4.92. The minimum atomic E-state index is 0.0610. The first kappa shape index (κ1) is 26.1. The molecule has 8 nitrogen and oxygen atoms in total. The first-order valence-corrected chi connectivity index (χ1v) is 14.5. The van der Waals surface area contributed by atoms with E-state index in [2.05, 4.69) is 131 Å². The Labute approximate surface area is 245 Å². The van der Waals surface area contributed by atoms with Crippen molar-refractivity contribution in [2.45, 2.75) is 53.0 Å². The number of pyridine rings is 1. The van der Waals surface area contributed by atoms with Crippen molar-refractivity contribution in [1.29, 1.82) is 0 Å². The van der Waals surface area contributed by atoms with Crippen LogP contribution in [-0.2, 0) is 18.4 Å². The predicted molar refractivity (Wildman–Crippen MR) is 167 cm³/mol. The Bertz CT molecular complexity index is 1920. The van der Waals surface area contributed by atoms with Crippen molar-refractivity contribution < 1.29 is 0 Å². The average Bonchev–Trinajstić information content (AvgIpc) is 3.71. The molecule has 0 atom stereocenters. The van der Waals surface area contributed by atoms with Gasteiger partial charge in [-0.1, -0.05) is 63.2 Å². The van der Waals surface area contributed by atoms with Crippen LogP contribution in [0.2, 0.25) is 0 Å². The molecule has 7 rings (SSSR count). The van der Waals surface area contributed by atoms with E-state index in [9.17, 15) is 0 Å². The maximum Gasteiger partial charge on any atom is 0.205 e. The van der Waals surface area contributed by atoms with Gasteiger partial charge >= 0.3 is 0 Å². The number of nitrogens with zero attached hydrogens (tertiary/aromatic N) is 7. The SMILES string of the molecule is CCc1nc2c(C)cc(C)nc2n1Cc1ccc(-c2cc(N3CC(C)(C)c4ccccc43)ccc2-c2nn[nH]n2)cc1. The molecule has 3 aromatic heterocycles. The summed E-state index contributed by atoms with van der Waals surface area (Å²) in [5.74, 6) is 1.63. The van der Waals surface area contributed by atoms with Gasteiger partial charge in [-0.15, -0.1) is 10.2 Å². The van der Waals surface area contributed by atoms with Gasteiger partial charge < -0.3 is 9.47 Å². The largest absolute Gasteiger partial charge is 0.340 e. The topological polar surface area (TPSA) is 88.4 Å². The number of tetrazole rings is 1. The lowest BCUT2D eigenvalue weighted by Crippen LogP contribution is -2.25. The van der Waals surface area contributed by atoms with Gasteiger partial charge in [0.15, 0.2) is 5.65 Å². The van der Waals surface area contributed by atoms with Crippen molar-refractivity contribution in [3.05, 3.63) is 101 Å². The number of H-pyrrole nitrogens is 1. The number of anilines is 2. The summed E-state index contributed by atoms with van der Waals surface area (Å²) in [6.45, 7) is 12.6. The molecule has 1 aliphatic rings. The van der Waals surface area contributed by atoms with Gasteiger partial charge in [0.25, 0.3) is 0 Å². The summed E-state index contributed by atoms with van der Waals surface area (Å²) >= 11 is 0. The fraction of sp³-hybridized carbons (Fsp3) is 0.265. The Hall–Kier alpha value is -4.85. The van der Waals surface area contributed by atoms with Gasteiger partial charge in [0.2, 0.25) is 5.82 Å². The molecule has 0 spiro atoms. The van der Waals surface area contributed by atoms with E-state index in [4.69, 9.17) is 9.97 Å². The van der Waals surface area contributed by atoms with Crippen LogP contribution in [0, 0.1) is 13.8 Å². The number of fused-ring (bicyclic) bond motifs is 2. The number of hydrogen-bond acceptors (Lipinski definition) is 6. The maximum absolute atomic E-state index is 4.92. The molecule has 3 aromatic carbocycles. The minimum absolute atomic E-state index is 0.0610. The molecule has 210 valence electrons. The van der Waals surface area contributed by atoms with Gasteiger partial charge in [-0.3, -0.25) is 0 Å². The van der Waals surface area contributed by atoms with Gasteiger partial charge in [-0.2, -0.15) is 5.21 Å². The van der Waals surface area contributed by atoms with E-state index in [1.54, 1.807) is 0 Å². The molecule has 0 fully saturated rings. The van der Waals surface area contributed by atoms with E-state index in [1.165, 1.54) is 22.4 Å². The van der Waals surface area contributed by atoms with Crippen LogP contribution >= 0.6 is 0 Å². The number of para-hydroxylation sites is 1. The molecule has 8 heteroatoms. The van der Waals surface area contributed by atoms with Gasteiger partial charge in [-0.25, -0.2) is 9.97 Å². The van der Waals surface area contributed by atoms with Crippen LogP contribution in [0.5, 0.6) is 0 Å². The van der Waals surface area contributed by atoms with Gasteiger partial charge in [0.05, 0.1) is 6.54 Å². The highest BCUT2D eigenvalue weighted by molar-refractivity contribution is 5.85. The Balaban J connectivity index is 1.28. The molecule has 0 amide bonds. The monoisotopic (exact) mass is 554 g/mol. The lowest BCUT2D eigenvalue weighted by Gasteiger charge is -2.24. The molecule has 42 heavy (non-hydrogen) atoms. The second-order valence-electron chi connectivity index (χ2n) is 11.9. The minimum Gasteiger partial charge on any atom is -0.340 e. The predicted octanol–water partition coefficient (Wildman–Crippen LogP) is 6.94. The summed E-state index contributed by atoms with van der Waals surface area (Å²) in [4.78, 5) is 12.2. The molecule has 4 heterocycles. The van der Waals surface area contributed by atoms with Gasteiger partial charge in [0.1, 0.15) is 11.3 Å². The third-order valence-corrected chi connectivity index (χ3v) is 8.40. The van der Waals surface area contributed by atoms with Crippen LogP contribution in [0.4, 0.5) is 11.4 Å². The van der Waals surface area contributed by atoms with Crippen LogP contribution in [0.25, 0.3) is 33.7 Å².